The molecule has 1 aliphatic rings. The minimum absolute atomic E-state index is 0.0676. The number of hydrogen-bond donors (Lipinski definition) is 2. The van der Waals surface area contributed by atoms with Crippen LogP contribution < -0.4 is 5.32 Å². The van der Waals surface area contributed by atoms with E-state index in [2.05, 4.69) is 31.4 Å². The molecule has 0 atom stereocenters. The van der Waals surface area contributed by atoms with Crippen LogP contribution in [0.4, 0.5) is 5.69 Å². The van der Waals surface area contributed by atoms with Gasteiger partial charge in [0, 0.05) is 20.6 Å². The summed E-state index contributed by atoms with van der Waals surface area (Å²) in [5, 5.41) is 21.1. The zero-order valence-electron chi connectivity index (χ0n) is 11.3. The van der Waals surface area contributed by atoms with Gasteiger partial charge in [-0.05, 0) is 52.9 Å². The molecule has 0 saturated carbocycles. The molecule has 1 heterocycles. The third-order valence-corrected chi connectivity index (χ3v) is 4.65. The van der Waals surface area contributed by atoms with Crippen LogP contribution in [-0.2, 0) is 4.79 Å². The second kappa shape index (κ2) is 6.58. The van der Waals surface area contributed by atoms with Crippen LogP contribution in [0.5, 0.6) is 5.75 Å². The van der Waals surface area contributed by atoms with Crippen LogP contribution in [-0.4, -0.2) is 22.9 Å². The third kappa shape index (κ3) is 3.41. The molecule has 0 spiro atoms. The number of amides is 1. The number of carbonyl (C=O) groups excluding carboxylic acids is 1. The van der Waals surface area contributed by atoms with Gasteiger partial charge in [-0.2, -0.15) is 5.10 Å². The molecular weight excluding hydrogens is 496 g/mol. The highest BCUT2D eigenvalue weighted by Gasteiger charge is 2.26. The largest absolute Gasteiger partial charge is 0.506 e. The molecular formula is C15H8BrClIN3O2. The van der Waals surface area contributed by atoms with Crippen molar-refractivity contribution >= 4 is 73.6 Å². The highest BCUT2D eigenvalue weighted by atomic mass is 127. The van der Waals surface area contributed by atoms with Gasteiger partial charge in [-0.3, -0.25) is 4.79 Å². The fourth-order valence-corrected chi connectivity index (χ4v) is 3.48. The fourth-order valence-electron chi connectivity index (χ4n) is 2.06. The van der Waals surface area contributed by atoms with Gasteiger partial charge in [0.25, 0.3) is 5.91 Å². The Morgan fingerprint density at radius 1 is 1.30 bits per heavy atom. The molecule has 0 unspecified atom stereocenters. The zero-order chi connectivity index (χ0) is 16.6. The van der Waals surface area contributed by atoms with Crippen molar-refractivity contribution in [1.82, 2.24) is 0 Å². The zero-order valence-corrected chi connectivity index (χ0v) is 15.8. The van der Waals surface area contributed by atoms with Crippen molar-refractivity contribution in [3.8, 4) is 5.75 Å². The van der Waals surface area contributed by atoms with Crippen LogP contribution in [0.15, 0.2) is 45.0 Å². The number of hydrogen-bond acceptors (Lipinski definition) is 4. The van der Waals surface area contributed by atoms with Gasteiger partial charge in [0.05, 0.1) is 15.5 Å². The van der Waals surface area contributed by atoms with Gasteiger partial charge in [-0.1, -0.05) is 27.5 Å². The first kappa shape index (κ1) is 16.4. The molecule has 2 aromatic rings. The van der Waals surface area contributed by atoms with Gasteiger partial charge < -0.3 is 10.4 Å². The van der Waals surface area contributed by atoms with Gasteiger partial charge >= 0.3 is 0 Å². The molecule has 2 N–H and O–H groups in total. The predicted octanol–water partition coefficient (Wildman–Crippen LogP) is 4.19. The predicted molar refractivity (Wildman–Crippen MR) is 103 cm³/mol. The molecule has 0 fully saturated rings. The summed E-state index contributed by atoms with van der Waals surface area (Å²) in [5.41, 5.74) is 2.01. The van der Waals surface area contributed by atoms with Crippen LogP contribution in [0.1, 0.15) is 11.1 Å². The second-order valence-corrected chi connectivity index (χ2v) is 7.18. The molecule has 23 heavy (non-hydrogen) atoms. The summed E-state index contributed by atoms with van der Waals surface area (Å²) in [6.07, 6.45) is 1.36. The molecule has 3 rings (SSSR count). The van der Waals surface area contributed by atoms with Crippen LogP contribution in [0.3, 0.4) is 0 Å². The number of nitrogens with one attached hydrogen (secondary N) is 1. The van der Waals surface area contributed by atoms with Gasteiger partial charge in [0.15, 0.2) is 5.71 Å². The minimum Gasteiger partial charge on any atom is -0.506 e. The van der Waals surface area contributed by atoms with Crippen molar-refractivity contribution in [1.29, 1.82) is 0 Å². The van der Waals surface area contributed by atoms with Gasteiger partial charge in [0.1, 0.15) is 5.75 Å². The first-order valence-corrected chi connectivity index (χ1v) is 8.61. The Kier molecular flexibility index (Phi) is 4.69. The van der Waals surface area contributed by atoms with Crippen LogP contribution in [0, 0.1) is 3.57 Å². The fraction of sp³-hybridized carbons (Fsp3) is 0. The lowest BCUT2D eigenvalue weighted by molar-refractivity contribution is -0.110. The number of halogens is 3. The summed E-state index contributed by atoms with van der Waals surface area (Å²) < 4.78 is 1.45. The number of phenolic OH excluding ortho intramolecular Hbond substituents is 1. The standard InChI is InChI=1S/C15H8BrClIN3O2/c16-8-1-2-12-10(4-8)13(15(23)20-12)21-19-6-7-3-9(17)5-11(18)14(7)22/h1-6,22H,(H,20,21,23)/b19-6+. The Balaban J connectivity index is 1.95. The molecule has 0 aromatic heterocycles. The van der Waals surface area contributed by atoms with Crippen molar-refractivity contribution in [2.45, 2.75) is 0 Å². The maximum Gasteiger partial charge on any atom is 0.276 e. The van der Waals surface area contributed by atoms with E-state index in [1.807, 2.05) is 28.7 Å². The molecule has 8 heteroatoms. The van der Waals surface area contributed by atoms with Crippen LogP contribution in [0.25, 0.3) is 0 Å². The van der Waals surface area contributed by atoms with Crippen molar-refractivity contribution in [3.05, 3.63) is 54.5 Å². The molecule has 5 nitrogen and oxygen atoms in total. The lowest BCUT2D eigenvalue weighted by Crippen LogP contribution is -2.13. The summed E-state index contributed by atoms with van der Waals surface area (Å²) in [7, 11) is 0. The smallest absolute Gasteiger partial charge is 0.276 e. The van der Waals surface area contributed by atoms with Gasteiger partial charge in [-0.25, -0.2) is 0 Å². The van der Waals surface area contributed by atoms with Gasteiger partial charge in [-0.15, -0.1) is 5.10 Å². The Labute approximate surface area is 158 Å². The normalized spacial score (nSPS) is 15.3. The average molecular weight is 505 g/mol. The van der Waals surface area contributed by atoms with E-state index in [0.717, 1.165) is 4.47 Å². The number of phenols is 1. The Morgan fingerprint density at radius 3 is 2.87 bits per heavy atom. The average Bonchev–Trinajstić information content (AvgIpc) is 2.79. The highest BCUT2D eigenvalue weighted by molar-refractivity contribution is 14.1. The topological polar surface area (TPSA) is 74.0 Å². The van der Waals surface area contributed by atoms with Crippen molar-refractivity contribution in [2.75, 3.05) is 5.32 Å². The quantitative estimate of drug-likeness (QED) is 0.366. The minimum atomic E-state index is -0.319. The lowest BCUT2D eigenvalue weighted by Gasteiger charge is -2.01. The second-order valence-electron chi connectivity index (χ2n) is 4.66. The molecule has 0 bridgehead atoms. The van der Waals surface area contributed by atoms with E-state index in [-0.39, 0.29) is 17.4 Å². The van der Waals surface area contributed by atoms with E-state index in [1.54, 1.807) is 24.3 Å². The maximum absolute atomic E-state index is 12.0. The number of nitrogens with zero attached hydrogens (tertiary/aromatic N) is 2. The maximum atomic E-state index is 12.0. The van der Waals surface area contributed by atoms with Crippen molar-refractivity contribution < 1.29 is 9.90 Å². The SMILES string of the molecule is O=C1Nc2ccc(Br)cc2/C1=N/N=C/c1cc(Cl)cc(I)c1O. The van der Waals surface area contributed by atoms with E-state index in [9.17, 15) is 9.90 Å². The molecule has 0 saturated heterocycles. The summed E-state index contributed by atoms with van der Waals surface area (Å²) in [6.45, 7) is 0. The number of fused-ring (bicyclic) bond motifs is 1. The van der Waals surface area contributed by atoms with Gasteiger partial charge in [0.2, 0.25) is 0 Å². The molecule has 1 amide bonds. The Morgan fingerprint density at radius 2 is 2.09 bits per heavy atom. The molecule has 1 aliphatic heterocycles. The van der Waals surface area contributed by atoms with E-state index in [4.69, 9.17) is 11.6 Å². The van der Waals surface area contributed by atoms with E-state index < -0.39 is 0 Å². The number of carbonyl (C=O) groups is 1. The summed E-state index contributed by atoms with van der Waals surface area (Å²) in [4.78, 5) is 12.0. The summed E-state index contributed by atoms with van der Waals surface area (Å²) in [6, 6.07) is 8.62. The van der Waals surface area contributed by atoms with E-state index in [0.29, 0.717) is 25.4 Å². The van der Waals surface area contributed by atoms with E-state index in [1.165, 1.54) is 6.21 Å². The number of anilines is 1. The van der Waals surface area contributed by atoms with E-state index >= 15 is 0 Å². The lowest BCUT2D eigenvalue weighted by atomic mass is 10.1. The third-order valence-electron chi connectivity index (χ3n) is 3.11. The molecule has 2 aromatic carbocycles. The van der Waals surface area contributed by atoms with Crippen molar-refractivity contribution in [2.24, 2.45) is 10.2 Å². The monoisotopic (exact) mass is 503 g/mol. The molecule has 0 radical (unpaired) electrons. The first-order valence-electron chi connectivity index (χ1n) is 6.36. The Bertz CT molecular complexity index is 883. The summed E-state index contributed by atoms with van der Waals surface area (Å²) in [5.74, 6) is -0.252. The first-order chi connectivity index (χ1) is 11.0. The molecule has 116 valence electrons. The van der Waals surface area contributed by atoms with Crippen LogP contribution >= 0.6 is 50.1 Å². The van der Waals surface area contributed by atoms with Crippen LogP contribution in [0.2, 0.25) is 5.02 Å². The Hall–Kier alpha value is -1.45. The van der Waals surface area contributed by atoms with Crippen molar-refractivity contribution in [3.63, 3.8) is 0 Å². The highest BCUT2D eigenvalue weighted by Crippen LogP contribution is 2.28. The number of aromatic hydroxyl groups is 1. The summed E-state index contributed by atoms with van der Waals surface area (Å²) >= 11 is 11.3. The number of benzene rings is 2. The molecule has 0 aliphatic carbocycles. The number of rotatable bonds is 2.